The number of carbonyl (C=O) groups excluding carboxylic acids is 3. The van der Waals surface area contributed by atoms with Crippen LogP contribution in [0.15, 0.2) is 39.7 Å². The fraction of sp³-hybridized carbons (Fsp3) is 0.167. The van der Waals surface area contributed by atoms with Crippen molar-refractivity contribution < 1.29 is 23.5 Å². The number of methoxy groups -OCH3 is 1. The molecule has 2 aromatic rings. The Morgan fingerprint density at radius 1 is 1.26 bits per heavy atom. The van der Waals surface area contributed by atoms with Crippen LogP contribution in [0.3, 0.4) is 0 Å². The highest BCUT2D eigenvalue weighted by Gasteiger charge is 2.41. The summed E-state index contributed by atoms with van der Waals surface area (Å²) in [5.41, 5.74) is 0.646. The van der Waals surface area contributed by atoms with Crippen molar-refractivity contribution in [2.45, 2.75) is 13.0 Å². The maximum atomic E-state index is 12.5. The average molecular weight is 426 g/mol. The van der Waals surface area contributed by atoms with E-state index in [1.54, 1.807) is 30.3 Å². The van der Waals surface area contributed by atoms with Crippen molar-refractivity contribution in [3.8, 4) is 11.3 Å². The van der Waals surface area contributed by atoms with Gasteiger partial charge in [0.15, 0.2) is 0 Å². The van der Waals surface area contributed by atoms with Gasteiger partial charge in [0.25, 0.3) is 11.1 Å². The summed E-state index contributed by atoms with van der Waals surface area (Å²) in [6.07, 6.45) is 1.45. The van der Waals surface area contributed by atoms with E-state index in [4.69, 9.17) is 27.6 Å². The lowest BCUT2D eigenvalue weighted by Gasteiger charge is -2.18. The van der Waals surface area contributed by atoms with Crippen molar-refractivity contribution in [2.24, 2.45) is 0 Å². The lowest BCUT2D eigenvalue weighted by Crippen LogP contribution is -2.42. The average Bonchev–Trinajstić information content (AvgIpc) is 3.18. The number of amides is 2. The van der Waals surface area contributed by atoms with Crippen LogP contribution in [0.5, 0.6) is 0 Å². The van der Waals surface area contributed by atoms with Crippen molar-refractivity contribution in [3.63, 3.8) is 0 Å². The molecule has 0 bridgehead atoms. The third-order valence-electron chi connectivity index (χ3n) is 3.85. The Morgan fingerprint density at radius 2 is 2.00 bits per heavy atom. The smallest absolute Gasteiger partial charge is 0.328 e. The van der Waals surface area contributed by atoms with Gasteiger partial charge >= 0.3 is 5.97 Å². The van der Waals surface area contributed by atoms with E-state index in [1.165, 1.54) is 20.1 Å². The number of carbonyl (C=O) groups is 3. The highest BCUT2D eigenvalue weighted by Crippen LogP contribution is 2.36. The van der Waals surface area contributed by atoms with E-state index in [2.05, 4.69) is 4.74 Å². The second-order valence-corrected chi connectivity index (χ2v) is 7.41. The maximum Gasteiger partial charge on any atom is 0.328 e. The van der Waals surface area contributed by atoms with Crippen LogP contribution in [0.25, 0.3) is 17.4 Å². The third kappa shape index (κ3) is 3.90. The molecule has 3 rings (SSSR count). The number of hydrogen-bond acceptors (Lipinski definition) is 6. The first kappa shape index (κ1) is 19.5. The van der Waals surface area contributed by atoms with Crippen LogP contribution >= 0.6 is 35.0 Å². The largest absolute Gasteiger partial charge is 0.467 e. The van der Waals surface area contributed by atoms with E-state index in [0.717, 1.165) is 16.7 Å². The second-order valence-electron chi connectivity index (χ2n) is 5.58. The summed E-state index contributed by atoms with van der Waals surface area (Å²) in [7, 11) is 1.19. The van der Waals surface area contributed by atoms with Crippen LogP contribution in [0.1, 0.15) is 12.7 Å². The molecule has 1 aromatic heterocycles. The van der Waals surface area contributed by atoms with Crippen molar-refractivity contribution in [1.29, 1.82) is 0 Å². The zero-order valence-electron chi connectivity index (χ0n) is 14.2. The molecule has 9 heteroatoms. The molecular weight excluding hydrogens is 413 g/mol. The summed E-state index contributed by atoms with van der Waals surface area (Å²) in [6.45, 7) is 1.43. The van der Waals surface area contributed by atoms with Crippen LogP contribution in [0.2, 0.25) is 10.0 Å². The molecule has 27 heavy (non-hydrogen) atoms. The van der Waals surface area contributed by atoms with Gasteiger partial charge in [0.05, 0.1) is 17.0 Å². The van der Waals surface area contributed by atoms with Crippen molar-refractivity contribution >= 4 is 58.2 Å². The molecule has 0 radical (unpaired) electrons. The summed E-state index contributed by atoms with van der Waals surface area (Å²) in [4.78, 5) is 37.2. The van der Waals surface area contributed by atoms with Gasteiger partial charge in [-0.15, -0.1) is 0 Å². The van der Waals surface area contributed by atoms with Gasteiger partial charge < -0.3 is 9.15 Å². The van der Waals surface area contributed by atoms with E-state index >= 15 is 0 Å². The Labute approximate surface area is 169 Å². The Morgan fingerprint density at radius 3 is 2.67 bits per heavy atom. The standard InChI is InChI=1S/C18H13Cl2NO5S/c1-9(17(23)25-2)21-16(22)15(27-18(21)24)8-11-4-6-14(26-11)12-5-3-10(19)7-13(12)20/h3-9H,1-2H3/b15-8+. The minimum absolute atomic E-state index is 0.152. The first-order chi connectivity index (χ1) is 12.8. The van der Waals surface area contributed by atoms with Gasteiger partial charge in [-0.3, -0.25) is 14.5 Å². The third-order valence-corrected chi connectivity index (χ3v) is 5.28. The highest BCUT2D eigenvalue weighted by atomic mass is 35.5. The van der Waals surface area contributed by atoms with Crippen LogP contribution in [0, 0.1) is 0 Å². The molecule has 2 amide bonds. The summed E-state index contributed by atoms with van der Waals surface area (Å²) in [5, 5.41) is 0.385. The van der Waals surface area contributed by atoms with E-state index < -0.39 is 23.2 Å². The van der Waals surface area contributed by atoms with Gasteiger partial charge in [-0.1, -0.05) is 23.2 Å². The van der Waals surface area contributed by atoms with Crippen LogP contribution < -0.4 is 0 Å². The second kappa shape index (κ2) is 7.80. The fourth-order valence-electron chi connectivity index (χ4n) is 2.48. The number of furan rings is 1. The van der Waals surface area contributed by atoms with E-state index in [1.807, 2.05) is 0 Å². The van der Waals surface area contributed by atoms with Gasteiger partial charge in [-0.05, 0) is 49.0 Å². The fourth-order valence-corrected chi connectivity index (χ4v) is 3.87. The Bertz CT molecular complexity index is 968. The van der Waals surface area contributed by atoms with Crippen molar-refractivity contribution in [3.05, 3.63) is 51.0 Å². The monoisotopic (exact) mass is 425 g/mol. The van der Waals surface area contributed by atoms with Gasteiger partial charge in [0.2, 0.25) is 0 Å². The molecule has 0 aliphatic carbocycles. The van der Waals surface area contributed by atoms with Gasteiger partial charge in [0.1, 0.15) is 17.6 Å². The minimum Gasteiger partial charge on any atom is -0.467 e. The minimum atomic E-state index is -1.01. The van der Waals surface area contributed by atoms with Gasteiger partial charge in [0, 0.05) is 16.7 Å². The van der Waals surface area contributed by atoms with E-state index in [9.17, 15) is 14.4 Å². The molecule has 1 atom stereocenters. The van der Waals surface area contributed by atoms with Crippen LogP contribution in [-0.4, -0.2) is 35.2 Å². The first-order valence-corrected chi connectivity index (χ1v) is 9.29. The lowest BCUT2D eigenvalue weighted by atomic mass is 10.2. The number of imide groups is 1. The zero-order chi connectivity index (χ0) is 19.7. The normalized spacial score (nSPS) is 16.9. The van der Waals surface area contributed by atoms with Crippen LogP contribution in [0.4, 0.5) is 4.79 Å². The Balaban J connectivity index is 1.86. The molecule has 0 spiro atoms. The molecule has 1 saturated heterocycles. The highest BCUT2D eigenvalue weighted by molar-refractivity contribution is 8.18. The molecule has 0 N–H and O–H groups in total. The summed E-state index contributed by atoms with van der Waals surface area (Å²) >= 11 is 12.8. The molecule has 1 aromatic carbocycles. The SMILES string of the molecule is COC(=O)C(C)N1C(=O)S/C(=C/c2ccc(-c3ccc(Cl)cc3Cl)o2)C1=O. The predicted octanol–water partition coefficient (Wildman–Crippen LogP) is 4.85. The molecule has 140 valence electrons. The molecule has 2 heterocycles. The number of benzene rings is 1. The molecule has 0 saturated carbocycles. The number of nitrogens with zero attached hydrogens (tertiary/aromatic N) is 1. The first-order valence-electron chi connectivity index (χ1n) is 7.72. The lowest BCUT2D eigenvalue weighted by molar-refractivity contribution is -0.148. The molecule has 6 nitrogen and oxygen atoms in total. The van der Waals surface area contributed by atoms with Gasteiger partial charge in [-0.2, -0.15) is 0 Å². The summed E-state index contributed by atoms with van der Waals surface area (Å²) in [5.74, 6) is -0.390. The molecule has 1 aliphatic heterocycles. The van der Waals surface area contributed by atoms with Crippen LogP contribution in [-0.2, 0) is 14.3 Å². The number of ether oxygens (including phenoxy) is 1. The topological polar surface area (TPSA) is 76.8 Å². The maximum absolute atomic E-state index is 12.5. The number of hydrogen-bond donors (Lipinski definition) is 0. The quantitative estimate of drug-likeness (QED) is 0.514. The molecule has 1 unspecified atom stereocenters. The number of halogens is 2. The van der Waals surface area contributed by atoms with Crippen molar-refractivity contribution in [1.82, 2.24) is 4.90 Å². The molecular formula is C18H13Cl2NO5S. The number of esters is 1. The summed E-state index contributed by atoms with van der Waals surface area (Å²) in [6, 6.07) is 7.35. The van der Waals surface area contributed by atoms with Gasteiger partial charge in [-0.25, -0.2) is 4.79 Å². The molecule has 1 fully saturated rings. The number of rotatable bonds is 4. The number of thioether (sulfide) groups is 1. The summed E-state index contributed by atoms with van der Waals surface area (Å²) < 4.78 is 10.3. The zero-order valence-corrected chi connectivity index (χ0v) is 16.5. The Hall–Kier alpha value is -2.22. The Kier molecular flexibility index (Phi) is 5.64. The predicted molar refractivity (Wildman–Crippen MR) is 103 cm³/mol. The van der Waals surface area contributed by atoms with Crippen molar-refractivity contribution in [2.75, 3.05) is 7.11 Å². The van der Waals surface area contributed by atoms with E-state index in [-0.39, 0.29) is 4.91 Å². The van der Waals surface area contributed by atoms with E-state index in [0.29, 0.717) is 27.1 Å². The molecule has 1 aliphatic rings.